The first-order valence-corrected chi connectivity index (χ1v) is 9.44. The molecule has 2 aliphatic rings. The largest absolute Gasteiger partial charge is 0.484 e. The van der Waals surface area contributed by atoms with E-state index >= 15 is 0 Å². The molecule has 0 saturated heterocycles. The van der Waals surface area contributed by atoms with Gasteiger partial charge in [-0.1, -0.05) is 6.07 Å². The number of thiophene rings is 1. The van der Waals surface area contributed by atoms with Gasteiger partial charge in [0.1, 0.15) is 5.75 Å². The molecule has 2 amide bonds. The Kier molecular flexibility index (Phi) is 4.44. The van der Waals surface area contributed by atoms with E-state index in [-0.39, 0.29) is 18.4 Å². The number of hydrogen-bond acceptors (Lipinski definition) is 4. The van der Waals surface area contributed by atoms with Crippen LogP contribution in [-0.4, -0.2) is 29.4 Å². The van der Waals surface area contributed by atoms with Crippen LogP contribution in [0.25, 0.3) is 0 Å². The molecule has 1 saturated carbocycles. The van der Waals surface area contributed by atoms with Gasteiger partial charge in [-0.3, -0.25) is 9.59 Å². The number of nitrogens with zero attached hydrogens (tertiary/aromatic N) is 1. The smallest absolute Gasteiger partial charge is 0.261 e. The van der Waals surface area contributed by atoms with E-state index in [0.29, 0.717) is 31.2 Å². The summed E-state index contributed by atoms with van der Waals surface area (Å²) >= 11 is 1.67. The Balaban J connectivity index is 1.38. The molecule has 1 aromatic carbocycles. The van der Waals surface area contributed by atoms with Crippen LogP contribution in [0.4, 0.5) is 5.69 Å². The molecule has 2 aromatic rings. The van der Waals surface area contributed by atoms with Gasteiger partial charge in [-0.2, -0.15) is 0 Å². The normalized spacial score (nSPS) is 16.1. The molecule has 1 aliphatic carbocycles. The summed E-state index contributed by atoms with van der Waals surface area (Å²) in [6.45, 7) is 0.716. The van der Waals surface area contributed by atoms with Crippen LogP contribution in [0.1, 0.15) is 29.7 Å². The molecular weight excluding hydrogens is 336 g/mol. The Morgan fingerprint density at radius 1 is 1.28 bits per heavy atom. The average Bonchev–Trinajstić information content (AvgIpc) is 3.33. The highest BCUT2D eigenvalue weighted by molar-refractivity contribution is 7.09. The number of hydrogen-bond donors (Lipinski definition) is 1. The molecule has 0 unspecified atom stereocenters. The van der Waals surface area contributed by atoms with Crippen molar-refractivity contribution in [3.8, 4) is 5.75 Å². The molecule has 5 nitrogen and oxygen atoms in total. The number of anilines is 1. The lowest BCUT2D eigenvalue weighted by molar-refractivity contribution is -0.134. The van der Waals surface area contributed by atoms with Crippen molar-refractivity contribution in [2.45, 2.75) is 38.3 Å². The number of aryl methyl sites for hydroxylation is 1. The van der Waals surface area contributed by atoms with Crippen LogP contribution >= 0.6 is 11.3 Å². The van der Waals surface area contributed by atoms with Crippen molar-refractivity contribution in [2.24, 2.45) is 0 Å². The highest BCUT2D eigenvalue weighted by Gasteiger charge is 2.32. The summed E-state index contributed by atoms with van der Waals surface area (Å²) in [5.41, 5.74) is 1.90. The minimum absolute atomic E-state index is 0.0296. The Morgan fingerprint density at radius 3 is 2.92 bits per heavy atom. The van der Waals surface area contributed by atoms with Crippen molar-refractivity contribution in [2.75, 3.05) is 11.9 Å². The van der Waals surface area contributed by atoms with Crippen molar-refractivity contribution in [3.63, 3.8) is 0 Å². The lowest BCUT2D eigenvalue weighted by atomic mass is 10.0. The van der Waals surface area contributed by atoms with Crippen LogP contribution in [0.5, 0.6) is 5.75 Å². The first-order valence-electron chi connectivity index (χ1n) is 8.56. The second-order valence-corrected chi connectivity index (χ2v) is 7.52. The zero-order valence-electron chi connectivity index (χ0n) is 13.9. The Hall–Kier alpha value is -2.34. The molecule has 1 fully saturated rings. The van der Waals surface area contributed by atoms with Crippen molar-refractivity contribution in [3.05, 3.63) is 46.2 Å². The van der Waals surface area contributed by atoms with Crippen LogP contribution < -0.4 is 10.1 Å². The van der Waals surface area contributed by atoms with Gasteiger partial charge in [-0.15, -0.1) is 11.3 Å². The van der Waals surface area contributed by atoms with E-state index in [2.05, 4.69) is 11.4 Å². The number of ether oxygens (including phenoxy) is 1. The molecule has 1 N–H and O–H groups in total. The van der Waals surface area contributed by atoms with Crippen LogP contribution in [0.15, 0.2) is 35.7 Å². The number of benzene rings is 1. The quantitative estimate of drug-likeness (QED) is 0.865. The summed E-state index contributed by atoms with van der Waals surface area (Å²) in [6, 6.07) is 10.00. The fraction of sp³-hybridized carbons (Fsp3) is 0.368. The fourth-order valence-corrected chi connectivity index (χ4v) is 3.76. The average molecular weight is 356 g/mol. The van der Waals surface area contributed by atoms with Gasteiger partial charge in [-0.25, -0.2) is 0 Å². The van der Waals surface area contributed by atoms with Crippen molar-refractivity contribution in [1.82, 2.24) is 4.90 Å². The van der Waals surface area contributed by atoms with Crippen LogP contribution in [0.2, 0.25) is 0 Å². The van der Waals surface area contributed by atoms with Gasteiger partial charge >= 0.3 is 0 Å². The van der Waals surface area contributed by atoms with E-state index in [1.54, 1.807) is 17.4 Å². The Bertz CT molecular complexity index is 784. The van der Waals surface area contributed by atoms with Gasteiger partial charge in [0, 0.05) is 23.0 Å². The molecule has 0 atom stereocenters. The monoisotopic (exact) mass is 356 g/mol. The Labute approximate surface area is 150 Å². The SMILES string of the molecule is O=C1CCc2cc(OCC(=O)N(Cc3cccs3)C3CC3)ccc2N1. The number of amides is 2. The van der Waals surface area contributed by atoms with E-state index < -0.39 is 0 Å². The molecule has 0 bridgehead atoms. The molecular formula is C19H20N2O3S. The third-order valence-corrected chi connectivity index (χ3v) is 5.41. The molecule has 0 spiro atoms. The number of nitrogens with one attached hydrogen (secondary N) is 1. The minimum atomic E-state index is 0.0296. The topological polar surface area (TPSA) is 58.6 Å². The maximum atomic E-state index is 12.6. The summed E-state index contributed by atoms with van der Waals surface area (Å²) in [7, 11) is 0. The number of carbonyl (C=O) groups excluding carboxylic acids is 2. The van der Waals surface area contributed by atoms with E-state index in [4.69, 9.17) is 4.74 Å². The highest BCUT2D eigenvalue weighted by Crippen LogP contribution is 2.30. The summed E-state index contributed by atoms with van der Waals surface area (Å²) in [5, 5.41) is 4.88. The maximum absolute atomic E-state index is 12.6. The fourth-order valence-electron chi connectivity index (χ4n) is 3.06. The van der Waals surface area contributed by atoms with Gasteiger partial charge in [0.15, 0.2) is 6.61 Å². The van der Waals surface area contributed by atoms with E-state index in [0.717, 1.165) is 24.1 Å². The van der Waals surface area contributed by atoms with Crippen molar-refractivity contribution >= 4 is 28.8 Å². The predicted octanol–water partition coefficient (Wildman–Crippen LogP) is 3.20. The lowest BCUT2D eigenvalue weighted by Crippen LogP contribution is -2.36. The van der Waals surface area contributed by atoms with Gasteiger partial charge in [0.05, 0.1) is 6.54 Å². The second kappa shape index (κ2) is 6.88. The highest BCUT2D eigenvalue weighted by atomic mass is 32.1. The van der Waals surface area contributed by atoms with Gasteiger partial charge in [0.2, 0.25) is 5.91 Å². The first kappa shape index (κ1) is 16.1. The van der Waals surface area contributed by atoms with E-state index in [1.165, 1.54) is 4.88 Å². The summed E-state index contributed by atoms with van der Waals surface area (Å²) in [6.07, 6.45) is 3.36. The van der Waals surface area contributed by atoms with E-state index in [1.807, 2.05) is 28.5 Å². The first-order chi connectivity index (χ1) is 12.2. The third-order valence-electron chi connectivity index (χ3n) is 4.55. The van der Waals surface area contributed by atoms with Crippen molar-refractivity contribution < 1.29 is 14.3 Å². The predicted molar refractivity (Wildman–Crippen MR) is 96.8 cm³/mol. The number of fused-ring (bicyclic) bond motifs is 1. The molecule has 1 aromatic heterocycles. The zero-order valence-corrected chi connectivity index (χ0v) is 14.7. The maximum Gasteiger partial charge on any atom is 0.261 e. The third kappa shape index (κ3) is 3.85. The molecule has 25 heavy (non-hydrogen) atoms. The minimum Gasteiger partial charge on any atom is -0.484 e. The number of carbonyl (C=O) groups is 2. The molecule has 2 heterocycles. The van der Waals surface area contributed by atoms with Crippen molar-refractivity contribution in [1.29, 1.82) is 0 Å². The Morgan fingerprint density at radius 2 is 2.16 bits per heavy atom. The van der Waals surface area contributed by atoms with Crippen LogP contribution in [-0.2, 0) is 22.6 Å². The molecule has 1 aliphatic heterocycles. The molecule has 6 heteroatoms. The summed E-state index contributed by atoms with van der Waals surface area (Å²) in [5.74, 6) is 0.752. The molecule has 0 radical (unpaired) electrons. The number of rotatable bonds is 6. The van der Waals surface area contributed by atoms with Crippen LogP contribution in [0, 0.1) is 0 Å². The molecule has 4 rings (SSSR count). The van der Waals surface area contributed by atoms with E-state index in [9.17, 15) is 9.59 Å². The summed E-state index contributed by atoms with van der Waals surface area (Å²) in [4.78, 5) is 27.1. The van der Waals surface area contributed by atoms with Gasteiger partial charge in [-0.05, 0) is 54.5 Å². The molecule has 130 valence electrons. The van der Waals surface area contributed by atoms with Gasteiger partial charge < -0.3 is 15.0 Å². The summed E-state index contributed by atoms with van der Waals surface area (Å²) < 4.78 is 5.74. The standard InChI is InChI=1S/C19H20N2O3S/c22-18-8-3-13-10-15(6-7-17(13)20-18)24-12-19(23)21(14-4-5-14)11-16-2-1-9-25-16/h1-2,6-7,9-10,14H,3-5,8,11-12H2,(H,20,22). The second-order valence-electron chi connectivity index (χ2n) is 6.49. The van der Waals surface area contributed by atoms with Crippen LogP contribution in [0.3, 0.4) is 0 Å². The van der Waals surface area contributed by atoms with Gasteiger partial charge in [0.25, 0.3) is 5.91 Å². The lowest BCUT2D eigenvalue weighted by Gasteiger charge is -2.22. The zero-order chi connectivity index (χ0) is 17.2.